The molecule has 0 spiro atoms. The van der Waals surface area contributed by atoms with Gasteiger partial charge in [-0.05, 0) is 54.6 Å². The molecule has 3 aromatic rings. The molecule has 0 unspecified atom stereocenters. The Bertz CT molecular complexity index is 1160. The highest BCUT2D eigenvalue weighted by molar-refractivity contribution is 6.54. The van der Waals surface area contributed by atoms with Gasteiger partial charge in [-0.3, -0.25) is 4.79 Å². The lowest BCUT2D eigenvalue weighted by molar-refractivity contribution is -0.110. The lowest BCUT2D eigenvalue weighted by Gasteiger charge is -2.08. The van der Waals surface area contributed by atoms with Gasteiger partial charge < -0.3 is 16.0 Å². The van der Waals surface area contributed by atoms with Gasteiger partial charge in [0.1, 0.15) is 5.71 Å². The van der Waals surface area contributed by atoms with E-state index in [1.54, 1.807) is 48.5 Å². The number of rotatable bonds is 3. The highest BCUT2D eigenvalue weighted by atomic mass is 16.2. The molecule has 0 aliphatic carbocycles. The molecule has 0 bridgehead atoms. The van der Waals surface area contributed by atoms with Crippen LogP contribution in [-0.4, -0.2) is 17.6 Å². The zero-order chi connectivity index (χ0) is 20.2. The van der Waals surface area contributed by atoms with E-state index in [0.29, 0.717) is 28.3 Å². The number of carbonyl (C=O) groups excluding carboxylic acids is 2. The van der Waals surface area contributed by atoms with Gasteiger partial charge in [-0.2, -0.15) is 5.26 Å². The minimum Gasteiger partial charge on any atom is -0.320 e. The third-order valence-corrected chi connectivity index (χ3v) is 4.28. The van der Waals surface area contributed by atoms with E-state index in [1.807, 2.05) is 30.3 Å². The van der Waals surface area contributed by atoms with Crippen molar-refractivity contribution in [1.29, 1.82) is 5.26 Å². The summed E-state index contributed by atoms with van der Waals surface area (Å²) in [7, 11) is 0. The first-order valence-corrected chi connectivity index (χ1v) is 8.80. The summed E-state index contributed by atoms with van der Waals surface area (Å²) in [5.41, 5.74) is 4.15. The number of anilines is 3. The van der Waals surface area contributed by atoms with Crippen molar-refractivity contribution in [3.63, 3.8) is 0 Å². The predicted octanol–water partition coefficient (Wildman–Crippen LogP) is 4.28. The molecule has 0 fully saturated rings. The van der Waals surface area contributed by atoms with Crippen molar-refractivity contribution in [2.75, 3.05) is 16.0 Å². The molecule has 1 heterocycles. The first-order chi connectivity index (χ1) is 14.1. The Kier molecular flexibility index (Phi) is 4.74. The molecular weight excluding hydrogens is 366 g/mol. The average Bonchev–Trinajstić information content (AvgIpc) is 3.05. The quantitative estimate of drug-likeness (QED) is 0.630. The summed E-state index contributed by atoms with van der Waals surface area (Å²) in [6.07, 6.45) is 0. The number of hydrogen-bond donors (Lipinski definition) is 3. The maximum absolute atomic E-state index is 12.1. The van der Waals surface area contributed by atoms with Crippen molar-refractivity contribution in [2.45, 2.75) is 0 Å². The lowest BCUT2D eigenvalue weighted by Crippen LogP contribution is -2.19. The summed E-state index contributed by atoms with van der Waals surface area (Å²) in [4.78, 5) is 28.7. The Morgan fingerprint density at radius 1 is 0.897 bits per heavy atom. The standard InChI is InChI=1S/C22H15N5O2/c23-13-14-5-7-16(8-6-14)25-22(29)26-17-11-9-15(10-12-17)24-20-18-3-1-2-4-19(18)27-21(20)28/h1-12H,(H,24,27,28)(H2,25,26,29). The highest BCUT2D eigenvalue weighted by Crippen LogP contribution is 2.26. The fourth-order valence-corrected chi connectivity index (χ4v) is 2.88. The van der Waals surface area contributed by atoms with Gasteiger partial charge in [-0.25, -0.2) is 9.79 Å². The molecule has 0 atom stereocenters. The molecule has 1 aliphatic rings. The van der Waals surface area contributed by atoms with Gasteiger partial charge in [0.25, 0.3) is 5.91 Å². The third kappa shape index (κ3) is 3.96. The number of urea groups is 1. The monoisotopic (exact) mass is 381 g/mol. The van der Waals surface area contributed by atoms with Crippen LogP contribution in [0.25, 0.3) is 0 Å². The lowest BCUT2D eigenvalue weighted by atomic mass is 10.1. The first kappa shape index (κ1) is 17.9. The number of amides is 3. The van der Waals surface area contributed by atoms with Crippen molar-refractivity contribution in [3.8, 4) is 6.07 Å². The zero-order valence-electron chi connectivity index (χ0n) is 15.1. The van der Waals surface area contributed by atoms with E-state index in [9.17, 15) is 9.59 Å². The normalized spacial score (nSPS) is 13.3. The fourth-order valence-electron chi connectivity index (χ4n) is 2.88. The Morgan fingerprint density at radius 3 is 2.17 bits per heavy atom. The van der Waals surface area contributed by atoms with Crippen LogP contribution in [0.3, 0.4) is 0 Å². The smallest absolute Gasteiger partial charge is 0.320 e. The van der Waals surface area contributed by atoms with Crippen LogP contribution in [0.1, 0.15) is 11.1 Å². The summed E-state index contributed by atoms with van der Waals surface area (Å²) in [5, 5.41) is 17.0. The Labute approximate surface area is 166 Å². The first-order valence-electron chi connectivity index (χ1n) is 8.80. The topological polar surface area (TPSA) is 106 Å². The highest BCUT2D eigenvalue weighted by Gasteiger charge is 2.25. The van der Waals surface area contributed by atoms with Crippen LogP contribution in [0.15, 0.2) is 77.8 Å². The van der Waals surface area contributed by atoms with Gasteiger partial charge in [0.05, 0.1) is 23.0 Å². The zero-order valence-corrected chi connectivity index (χ0v) is 15.1. The third-order valence-electron chi connectivity index (χ3n) is 4.28. The fraction of sp³-hybridized carbons (Fsp3) is 0. The van der Waals surface area contributed by atoms with Crippen LogP contribution in [-0.2, 0) is 4.79 Å². The maximum Gasteiger partial charge on any atom is 0.323 e. The van der Waals surface area contributed by atoms with E-state index >= 15 is 0 Å². The number of benzene rings is 3. The van der Waals surface area contributed by atoms with Gasteiger partial charge in [-0.15, -0.1) is 0 Å². The molecular formula is C22H15N5O2. The number of aliphatic imine (C=N–C) groups is 1. The van der Waals surface area contributed by atoms with E-state index in [0.717, 1.165) is 11.3 Å². The second-order valence-electron chi connectivity index (χ2n) is 6.28. The van der Waals surface area contributed by atoms with Gasteiger partial charge in [0.2, 0.25) is 0 Å². The van der Waals surface area contributed by atoms with Gasteiger partial charge >= 0.3 is 6.03 Å². The SMILES string of the molecule is N#Cc1ccc(NC(=O)Nc2ccc(N=C3C(=O)Nc4ccccc43)cc2)cc1. The summed E-state index contributed by atoms with van der Waals surface area (Å²) in [6, 6.07) is 22.4. The Hall–Kier alpha value is -4.44. The van der Waals surface area contributed by atoms with E-state index < -0.39 is 6.03 Å². The van der Waals surface area contributed by atoms with Crippen molar-refractivity contribution in [3.05, 3.63) is 83.9 Å². The molecule has 3 amide bonds. The van der Waals surface area contributed by atoms with Crippen LogP contribution >= 0.6 is 0 Å². The van der Waals surface area contributed by atoms with E-state index in [1.165, 1.54) is 0 Å². The van der Waals surface area contributed by atoms with Crippen molar-refractivity contribution < 1.29 is 9.59 Å². The van der Waals surface area contributed by atoms with Gasteiger partial charge in [0, 0.05) is 16.9 Å². The van der Waals surface area contributed by atoms with Crippen LogP contribution in [0, 0.1) is 11.3 Å². The number of nitrogens with one attached hydrogen (secondary N) is 3. The molecule has 1 aliphatic heterocycles. The van der Waals surface area contributed by atoms with Crippen LogP contribution in [0.2, 0.25) is 0 Å². The van der Waals surface area contributed by atoms with E-state index in [-0.39, 0.29) is 5.91 Å². The minimum atomic E-state index is -0.405. The Balaban J connectivity index is 1.43. The molecule has 29 heavy (non-hydrogen) atoms. The molecule has 4 rings (SSSR count). The summed E-state index contributed by atoms with van der Waals surface area (Å²) in [6.45, 7) is 0. The Morgan fingerprint density at radius 2 is 1.52 bits per heavy atom. The number of nitrogens with zero attached hydrogens (tertiary/aromatic N) is 2. The minimum absolute atomic E-state index is 0.241. The predicted molar refractivity (Wildman–Crippen MR) is 112 cm³/mol. The van der Waals surface area contributed by atoms with Gasteiger partial charge in [0.15, 0.2) is 0 Å². The van der Waals surface area contributed by atoms with Crippen LogP contribution < -0.4 is 16.0 Å². The second kappa shape index (κ2) is 7.66. The molecule has 7 nitrogen and oxygen atoms in total. The number of para-hydroxylation sites is 1. The second-order valence-corrected chi connectivity index (χ2v) is 6.28. The molecule has 3 aromatic carbocycles. The molecule has 7 heteroatoms. The maximum atomic E-state index is 12.1. The summed E-state index contributed by atoms with van der Waals surface area (Å²) in [5.74, 6) is -0.241. The molecule has 0 radical (unpaired) electrons. The van der Waals surface area contributed by atoms with E-state index in [2.05, 4.69) is 20.9 Å². The molecule has 3 N–H and O–H groups in total. The van der Waals surface area contributed by atoms with Crippen LogP contribution in [0.4, 0.5) is 27.5 Å². The average molecular weight is 381 g/mol. The summed E-state index contributed by atoms with van der Waals surface area (Å²) >= 11 is 0. The van der Waals surface area contributed by atoms with Crippen molar-refractivity contribution in [2.24, 2.45) is 4.99 Å². The summed E-state index contributed by atoms with van der Waals surface area (Å²) < 4.78 is 0. The van der Waals surface area contributed by atoms with Crippen molar-refractivity contribution in [1.82, 2.24) is 0 Å². The van der Waals surface area contributed by atoms with Gasteiger partial charge in [-0.1, -0.05) is 18.2 Å². The number of hydrogen-bond acceptors (Lipinski definition) is 4. The number of fused-ring (bicyclic) bond motifs is 1. The number of nitriles is 1. The van der Waals surface area contributed by atoms with E-state index in [4.69, 9.17) is 5.26 Å². The molecule has 0 saturated heterocycles. The molecule has 140 valence electrons. The van der Waals surface area contributed by atoms with Crippen LogP contribution in [0.5, 0.6) is 0 Å². The van der Waals surface area contributed by atoms with Crippen molar-refractivity contribution >= 4 is 40.4 Å². The largest absolute Gasteiger partial charge is 0.323 e. The molecule has 0 saturated carbocycles. The molecule has 0 aromatic heterocycles. The number of carbonyl (C=O) groups is 2.